The molecule has 0 saturated heterocycles. The normalized spacial score (nSPS) is 13.8. The van der Waals surface area contributed by atoms with Crippen LogP contribution in [0.25, 0.3) is 0 Å². The van der Waals surface area contributed by atoms with E-state index in [1.54, 1.807) is 29.2 Å². The van der Waals surface area contributed by atoms with Crippen LogP contribution in [-0.4, -0.2) is 29.4 Å². The summed E-state index contributed by atoms with van der Waals surface area (Å²) in [6.45, 7) is 0.499. The van der Waals surface area contributed by atoms with Crippen LogP contribution in [0.3, 0.4) is 0 Å². The SMILES string of the molecule is COc1ccc([C@H]([C@@H](O)C(F)(F)F)N(Cc2ccccc2)Cc2ccccc2)cc1. The van der Waals surface area contributed by atoms with Crippen LogP contribution in [0.4, 0.5) is 13.2 Å². The molecule has 30 heavy (non-hydrogen) atoms. The summed E-state index contributed by atoms with van der Waals surface area (Å²) in [5.74, 6) is 0.539. The van der Waals surface area contributed by atoms with E-state index in [4.69, 9.17) is 4.74 Å². The summed E-state index contributed by atoms with van der Waals surface area (Å²) in [5.41, 5.74) is 2.09. The van der Waals surface area contributed by atoms with E-state index >= 15 is 0 Å². The van der Waals surface area contributed by atoms with Gasteiger partial charge in [0.15, 0.2) is 6.10 Å². The number of hydrogen-bond donors (Lipinski definition) is 1. The van der Waals surface area contributed by atoms with Crippen LogP contribution in [0.5, 0.6) is 5.75 Å². The summed E-state index contributed by atoms with van der Waals surface area (Å²) >= 11 is 0. The molecule has 0 amide bonds. The van der Waals surface area contributed by atoms with Gasteiger partial charge in [0.1, 0.15) is 5.75 Å². The monoisotopic (exact) mass is 415 g/mol. The van der Waals surface area contributed by atoms with Crippen molar-refractivity contribution in [2.75, 3.05) is 7.11 Å². The van der Waals surface area contributed by atoms with Gasteiger partial charge in [-0.25, -0.2) is 0 Å². The highest BCUT2D eigenvalue weighted by Gasteiger charge is 2.46. The van der Waals surface area contributed by atoms with E-state index < -0.39 is 18.3 Å². The quantitative estimate of drug-likeness (QED) is 0.538. The van der Waals surface area contributed by atoms with Gasteiger partial charge in [-0.3, -0.25) is 4.90 Å². The molecule has 2 atom stereocenters. The van der Waals surface area contributed by atoms with Gasteiger partial charge >= 0.3 is 6.18 Å². The molecule has 0 fully saturated rings. The van der Waals surface area contributed by atoms with Gasteiger partial charge in [0.05, 0.1) is 13.2 Å². The molecule has 0 bridgehead atoms. The maximum Gasteiger partial charge on any atom is 0.416 e. The van der Waals surface area contributed by atoms with Crippen LogP contribution in [0.1, 0.15) is 22.7 Å². The molecule has 0 radical (unpaired) electrons. The van der Waals surface area contributed by atoms with E-state index in [0.717, 1.165) is 11.1 Å². The Hall–Kier alpha value is -2.83. The standard InChI is InChI=1S/C24H24F3NO2/c1-30-21-14-12-20(13-15-21)22(23(29)24(25,26)27)28(16-18-8-4-2-5-9-18)17-19-10-6-3-7-11-19/h2-15,22-23,29H,16-17H2,1H3/t22-,23-/m1/s1. The van der Waals surface area contributed by atoms with Gasteiger partial charge in [-0.05, 0) is 28.8 Å². The summed E-state index contributed by atoms with van der Waals surface area (Å²) < 4.78 is 46.1. The molecule has 0 spiro atoms. The van der Waals surface area contributed by atoms with Crippen molar-refractivity contribution >= 4 is 0 Å². The number of aliphatic hydroxyl groups is 1. The third kappa shape index (κ3) is 5.62. The molecule has 6 heteroatoms. The van der Waals surface area contributed by atoms with Crippen molar-refractivity contribution in [3.05, 3.63) is 102 Å². The van der Waals surface area contributed by atoms with Crippen LogP contribution in [0.2, 0.25) is 0 Å². The highest BCUT2D eigenvalue weighted by Crippen LogP contribution is 2.36. The van der Waals surface area contributed by atoms with Crippen molar-refractivity contribution in [3.63, 3.8) is 0 Å². The largest absolute Gasteiger partial charge is 0.497 e. The molecular formula is C24H24F3NO2. The van der Waals surface area contributed by atoms with E-state index in [1.807, 2.05) is 60.7 Å². The third-order valence-corrected chi connectivity index (χ3v) is 4.94. The predicted molar refractivity (Wildman–Crippen MR) is 110 cm³/mol. The highest BCUT2D eigenvalue weighted by molar-refractivity contribution is 5.30. The molecule has 3 rings (SSSR count). The van der Waals surface area contributed by atoms with Gasteiger partial charge in [-0.1, -0.05) is 72.8 Å². The minimum Gasteiger partial charge on any atom is -0.497 e. The Kier molecular flexibility index (Phi) is 7.13. The summed E-state index contributed by atoms with van der Waals surface area (Å²) in [6.07, 6.45) is -7.31. The van der Waals surface area contributed by atoms with Gasteiger partial charge in [0.2, 0.25) is 0 Å². The Morgan fingerprint density at radius 1 is 0.800 bits per heavy atom. The molecule has 0 heterocycles. The van der Waals surface area contributed by atoms with Crippen molar-refractivity contribution in [2.45, 2.75) is 31.4 Å². The third-order valence-electron chi connectivity index (χ3n) is 4.94. The Bertz CT molecular complexity index is 858. The summed E-state index contributed by atoms with van der Waals surface area (Å²) in [6, 6.07) is 23.6. The lowest BCUT2D eigenvalue weighted by Crippen LogP contribution is -2.43. The van der Waals surface area contributed by atoms with Crippen molar-refractivity contribution in [2.24, 2.45) is 0 Å². The zero-order valence-electron chi connectivity index (χ0n) is 16.6. The number of hydrogen-bond acceptors (Lipinski definition) is 3. The zero-order chi connectivity index (χ0) is 21.6. The van der Waals surface area contributed by atoms with Crippen LogP contribution < -0.4 is 4.74 Å². The first-order chi connectivity index (χ1) is 14.4. The number of methoxy groups -OCH3 is 1. The predicted octanol–water partition coefficient (Wildman–Crippen LogP) is 5.36. The zero-order valence-corrected chi connectivity index (χ0v) is 16.6. The van der Waals surface area contributed by atoms with Crippen LogP contribution in [0.15, 0.2) is 84.9 Å². The molecule has 3 nitrogen and oxygen atoms in total. The molecule has 0 unspecified atom stereocenters. The van der Waals surface area contributed by atoms with E-state index in [-0.39, 0.29) is 13.1 Å². The fourth-order valence-corrected chi connectivity index (χ4v) is 3.46. The molecule has 3 aromatic carbocycles. The lowest BCUT2D eigenvalue weighted by Gasteiger charge is -2.36. The number of halogens is 3. The average molecular weight is 415 g/mol. The van der Waals surface area contributed by atoms with Crippen molar-refractivity contribution in [1.29, 1.82) is 0 Å². The fourth-order valence-electron chi connectivity index (χ4n) is 3.46. The van der Waals surface area contributed by atoms with Crippen molar-refractivity contribution in [3.8, 4) is 5.75 Å². The molecule has 3 aromatic rings. The lowest BCUT2D eigenvalue weighted by molar-refractivity contribution is -0.224. The number of aliphatic hydroxyl groups excluding tert-OH is 1. The number of nitrogens with zero attached hydrogens (tertiary/aromatic N) is 1. The molecule has 0 aromatic heterocycles. The number of ether oxygens (including phenoxy) is 1. The molecule has 0 aliphatic heterocycles. The fraction of sp³-hybridized carbons (Fsp3) is 0.250. The van der Waals surface area contributed by atoms with E-state index in [2.05, 4.69) is 0 Å². The molecule has 0 aliphatic carbocycles. The van der Waals surface area contributed by atoms with E-state index in [1.165, 1.54) is 7.11 Å². The summed E-state index contributed by atoms with van der Waals surface area (Å²) in [5, 5.41) is 10.4. The Labute approximate surface area is 174 Å². The molecule has 0 saturated carbocycles. The number of alkyl halides is 3. The first-order valence-electron chi connectivity index (χ1n) is 9.59. The smallest absolute Gasteiger partial charge is 0.416 e. The first-order valence-corrected chi connectivity index (χ1v) is 9.59. The van der Waals surface area contributed by atoms with Gasteiger partial charge in [0, 0.05) is 13.1 Å². The van der Waals surface area contributed by atoms with E-state index in [9.17, 15) is 18.3 Å². The van der Waals surface area contributed by atoms with Crippen molar-refractivity contribution in [1.82, 2.24) is 4.90 Å². The molecule has 0 aliphatic rings. The Morgan fingerprint density at radius 3 is 1.67 bits per heavy atom. The van der Waals surface area contributed by atoms with E-state index in [0.29, 0.717) is 11.3 Å². The second-order valence-corrected chi connectivity index (χ2v) is 7.08. The maximum absolute atomic E-state index is 13.7. The maximum atomic E-state index is 13.7. The summed E-state index contributed by atoms with van der Waals surface area (Å²) in [7, 11) is 1.49. The van der Waals surface area contributed by atoms with Gasteiger partial charge < -0.3 is 9.84 Å². The van der Waals surface area contributed by atoms with Gasteiger partial charge in [-0.15, -0.1) is 0 Å². The second kappa shape index (κ2) is 9.78. The molecular weight excluding hydrogens is 391 g/mol. The second-order valence-electron chi connectivity index (χ2n) is 7.08. The van der Waals surface area contributed by atoms with Crippen LogP contribution in [0, 0.1) is 0 Å². The number of rotatable bonds is 8. The lowest BCUT2D eigenvalue weighted by atomic mass is 9.97. The van der Waals surface area contributed by atoms with Crippen molar-refractivity contribution < 1.29 is 23.0 Å². The topological polar surface area (TPSA) is 32.7 Å². The Balaban J connectivity index is 2.03. The number of benzene rings is 3. The Morgan fingerprint density at radius 2 is 1.27 bits per heavy atom. The van der Waals surface area contributed by atoms with Gasteiger partial charge in [0.25, 0.3) is 0 Å². The average Bonchev–Trinajstić information content (AvgIpc) is 2.75. The minimum absolute atomic E-state index is 0.250. The first kappa shape index (κ1) is 21.9. The highest BCUT2D eigenvalue weighted by atomic mass is 19.4. The molecule has 158 valence electrons. The summed E-state index contributed by atoms with van der Waals surface area (Å²) in [4.78, 5) is 1.66. The minimum atomic E-state index is -4.77. The van der Waals surface area contributed by atoms with Crippen LogP contribution in [-0.2, 0) is 13.1 Å². The molecule has 1 N–H and O–H groups in total. The van der Waals surface area contributed by atoms with Gasteiger partial charge in [-0.2, -0.15) is 13.2 Å². The van der Waals surface area contributed by atoms with Crippen LogP contribution >= 0.6 is 0 Å².